The van der Waals surface area contributed by atoms with Crippen molar-refractivity contribution in [1.29, 1.82) is 0 Å². The standard InChI is InChI=1S/C15H13F2NO3/c16-13-6-1-3-10(15(13)17)8-21-14(19)9-20-12-5-2-4-11(18)7-12/h1-7H,8-9,18H2. The third-order valence-electron chi connectivity index (χ3n) is 2.64. The van der Waals surface area contributed by atoms with E-state index in [1.807, 2.05) is 0 Å². The Balaban J connectivity index is 1.84. The highest BCUT2D eigenvalue weighted by molar-refractivity contribution is 5.71. The van der Waals surface area contributed by atoms with Gasteiger partial charge in [-0.25, -0.2) is 13.6 Å². The first kappa shape index (κ1) is 14.8. The van der Waals surface area contributed by atoms with E-state index >= 15 is 0 Å². The summed E-state index contributed by atoms with van der Waals surface area (Å²) in [5, 5.41) is 0. The Morgan fingerprint density at radius 1 is 1.14 bits per heavy atom. The van der Waals surface area contributed by atoms with Crippen LogP contribution in [0.4, 0.5) is 14.5 Å². The molecule has 0 atom stereocenters. The predicted octanol–water partition coefficient (Wildman–Crippen LogP) is 2.67. The first-order valence-electron chi connectivity index (χ1n) is 6.13. The van der Waals surface area contributed by atoms with Crippen LogP contribution in [-0.2, 0) is 16.1 Å². The van der Waals surface area contributed by atoms with Gasteiger partial charge in [0.25, 0.3) is 0 Å². The van der Waals surface area contributed by atoms with E-state index < -0.39 is 17.6 Å². The Labute approximate surface area is 120 Å². The first-order valence-corrected chi connectivity index (χ1v) is 6.13. The van der Waals surface area contributed by atoms with Gasteiger partial charge in [0.15, 0.2) is 18.2 Å². The second kappa shape index (κ2) is 6.69. The van der Waals surface area contributed by atoms with Crippen LogP contribution in [0.5, 0.6) is 5.75 Å². The number of rotatable bonds is 5. The SMILES string of the molecule is Nc1cccc(OCC(=O)OCc2cccc(F)c2F)c1. The van der Waals surface area contributed by atoms with Crippen LogP contribution < -0.4 is 10.5 Å². The lowest BCUT2D eigenvalue weighted by atomic mass is 10.2. The molecule has 0 spiro atoms. The van der Waals surface area contributed by atoms with Crippen molar-refractivity contribution in [3.8, 4) is 5.75 Å². The predicted molar refractivity (Wildman–Crippen MR) is 72.5 cm³/mol. The highest BCUT2D eigenvalue weighted by Crippen LogP contribution is 2.15. The van der Waals surface area contributed by atoms with Crippen molar-refractivity contribution in [3.05, 3.63) is 59.7 Å². The minimum atomic E-state index is -1.03. The van der Waals surface area contributed by atoms with Crippen molar-refractivity contribution in [2.75, 3.05) is 12.3 Å². The summed E-state index contributed by atoms with van der Waals surface area (Å²) in [5.74, 6) is -2.29. The lowest BCUT2D eigenvalue weighted by Crippen LogP contribution is -2.15. The molecule has 0 heterocycles. The van der Waals surface area contributed by atoms with E-state index in [4.69, 9.17) is 15.2 Å². The van der Waals surface area contributed by atoms with Crippen molar-refractivity contribution in [3.63, 3.8) is 0 Å². The van der Waals surface area contributed by atoms with Gasteiger partial charge in [0, 0.05) is 17.3 Å². The topological polar surface area (TPSA) is 61.5 Å². The monoisotopic (exact) mass is 293 g/mol. The number of anilines is 1. The van der Waals surface area contributed by atoms with Gasteiger partial charge in [0.05, 0.1) is 0 Å². The van der Waals surface area contributed by atoms with Gasteiger partial charge in [-0.3, -0.25) is 0 Å². The second-order valence-electron chi connectivity index (χ2n) is 4.23. The van der Waals surface area contributed by atoms with Crippen LogP contribution in [0.1, 0.15) is 5.56 Å². The Kier molecular flexibility index (Phi) is 4.71. The van der Waals surface area contributed by atoms with Crippen LogP contribution in [0.3, 0.4) is 0 Å². The van der Waals surface area contributed by atoms with Crippen molar-refractivity contribution in [2.45, 2.75) is 6.61 Å². The number of halogens is 2. The number of hydrogen-bond acceptors (Lipinski definition) is 4. The molecule has 4 nitrogen and oxygen atoms in total. The largest absolute Gasteiger partial charge is 0.482 e. The molecule has 0 aromatic heterocycles. The molecule has 0 bridgehead atoms. The zero-order chi connectivity index (χ0) is 15.2. The summed E-state index contributed by atoms with van der Waals surface area (Å²) in [6.07, 6.45) is 0. The Bertz CT molecular complexity index is 647. The number of nitrogens with two attached hydrogens (primary N) is 1. The summed E-state index contributed by atoms with van der Waals surface area (Å²) >= 11 is 0. The minimum absolute atomic E-state index is 0.0349. The number of benzene rings is 2. The number of esters is 1. The van der Waals surface area contributed by atoms with Crippen LogP contribution in [0, 0.1) is 11.6 Å². The molecule has 0 radical (unpaired) electrons. The number of nitrogen functional groups attached to an aromatic ring is 1. The highest BCUT2D eigenvalue weighted by atomic mass is 19.2. The highest BCUT2D eigenvalue weighted by Gasteiger charge is 2.10. The lowest BCUT2D eigenvalue weighted by molar-refractivity contribution is -0.147. The Morgan fingerprint density at radius 3 is 2.67 bits per heavy atom. The second-order valence-corrected chi connectivity index (χ2v) is 4.23. The van der Waals surface area contributed by atoms with E-state index in [2.05, 4.69) is 0 Å². The number of ether oxygens (including phenoxy) is 2. The molecular weight excluding hydrogens is 280 g/mol. The third kappa shape index (κ3) is 4.17. The fourth-order valence-corrected chi connectivity index (χ4v) is 1.61. The molecule has 2 rings (SSSR count). The Morgan fingerprint density at radius 2 is 1.90 bits per heavy atom. The van der Waals surface area contributed by atoms with E-state index in [1.165, 1.54) is 12.1 Å². The van der Waals surface area contributed by atoms with Crippen LogP contribution in [0.15, 0.2) is 42.5 Å². The average molecular weight is 293 g/mol. The molecule has 2 N–H and O–H groups in total. The molecule has 0 amide bonds. The molecule has 0 aliphatic carbocycles. The van der Waals surface area contributed by atoms with Crippen molar-refractivity contribution in [2.24, 2.45) is 0 Å². The van der Waals surface area contributed by atoms with Crippen LogP contribution >= 0.6 is 0 Å². The van der Waals surface area contributed by atoms with Crippen molar-refractivity contribution >= 4 is 11.7 Å². The van der Waals surface area contributed by atoms with E-state index in [0.29, 0.717) is 11.4 Å². The van der Waals surface area contributed by atoms with Crippen LogP contribution in [0.2, 0.25) is 0 Å². The maximum absolute atomic E-state index is 13.3. The minimum Gasteiger partial charge on any atom is -0.482 e. The van der Waals surface area contributed by atoms with Gasteiger partial charge in [-0.2, -0.15) is 0 Å². The summed E-state index contributed by atoms with van der Waals surface area (Å²) in [5.41, 5.74) is 6.02. The molecule has 21 heavy (non-hydrogen) atoms. The summed E-state index contributed by atoms with van der Waals surface area (Å²) in [7, 11) is 0. The summed E-state index contributed by atoms with van der Waals surface area (Å²) in [6.45, 7) is -0.705. The van der Waals surface area contributed by atoms with Gasteiger partial charge in [0.1, 0.15) is 12.4 Å². The molecular formula is C15H13F2NO3. The van der Waals surface area contributed by atoms with Gasteiger partial charge >= 0.3 is 5.97 Å². The lowest BCUT2D eigenvalue weighted by Gasteiger charge is -2.08. The van der Waals surface area contributed by atoms with Crippen LogP contribution in [-0.4, -0.2) is 12.6 Å². The zero-order valence-electron chi connectivity index (χ0n) is 11.0. The number of hydrogen-bond donors (Lipinski definition) is 1. The Hall–Kier alpha value is -2.63. The maximum Gasteiger partial charge on any atom is 0.344 e. The van der Waals surface area contributed by atoms with Crippen molar-refractivity contribution in [1.82, 2.24) is 0 Å². The normalized spacial score (nSPS) is 10.2. The molecule has 2 aromatic rings. The number of carbonyl (C=O) groups is 1. The van der Waals surface area contributed by atoms with E-state index in [0.717, 1.165) is 6.07 Å². The van der Waals surface area contributed by atoms with E-state index in [-0.39, 0.29) is 18.8 Å². The molecule has 0 fully saturated rings. The molecule has 0 saturated carbocycles. The maximum atomic E-state index is 13.3. The van der Waals surface area contributed by atoms with Crippen molar-refractivity contribution < 1.29 is 23.0 Å². The molecule has 0 aliphatic heterocycles. The van der Waals surface area contributed by atoms with Gasteiger partial charge in [0.2, 0.25) is 0 Å². The van der Waals surface area contributed by atoms with Gasteiger partial charge in [-0.05, 0) is 18.2 Å². The molecule has 6 heteroatoms. The van der Waals surface area contributed by atoms with Gasteiger partial charge in [-0.1, -0.05) is 18.2 Å². The quantitative estimate of drug-likeness (QED) is 0.680. The summed E-state index contributed by atoms with van der Waals surface area (Å²) in [4.78, 5) is 11.5. The molecule has 0 saturated heterocycles. The fraction of sp³-hybridized carbons (Fsp3) is 0.133. The molecule has 0 unspecified atom stereocenters. The zero-order valence-corrected chi connectivity index (χ0v) is 11.0. The summed E-state index contributed by atoms with van der Waals surface area (Å²) in [6, 6.07) is 10.2. The van der Waals surface area contributed by atoms with E-state index in [9.17, 15) is 13.6 Å². The smallest absolute Gasteiger partial charge is 0.344 e. The third-order valence-corrected chi connectivity index (χ3v) is 2.64. The molecule has 2 aromatic carbocycles. The van der Waals surface area contributed by atoms with Gasteiger partial charge in [-0.15, -0.1) is 0 Å². The van der Waals surface area contributed by atoms with E-state index in [1.54, 1.807) is 24.3 Å². The summed E-state index contributed by atoms with van der Waals surface area (Å²) < 4.78 is 36.3. The average Bonchev–Trinajstić information content (AvgIpc) is 2.47. The van der Waals surface area contributed by atoms with Crippen LogP contribution in [0.25, 0.3) is 0 Å². The molecule has 0 aliphatic rings. The molecule has 110 valence electrons. The van der Waals surface area contributed by atoms with Gasteiger partial charge < -0.3 is 15.2 Å². The fourth-order valence-electron chi connectivity index (χ4n) is 1.61. The number of carbonyl (C=O) groups excluding carboxylic acids is 1. The first-order chi connectivity index (χ1) is 10.1.